The molecule has 0 amide bonds. The molecule has 0 saturated carbocycles. The van der Waals surface area contributed by atoms with E-state index >= 15 is 0 Å². The molecule has 0 spiro atoms. The Morgan fingerprint density at radius 2 is 2.05 bits per heavy atom. The number of pyridine rings is 1. The maximum atomic E-state index is 5.72. The number of aromatic nitrogens is 5. The van der Waals surface area contributed by atoms with E-state index in [9.17, 15) is 0 Å². The van der Waals surface area contributed by atoms with E-state index in [1.165, 1.54) is 12.4 Å². The first kappa shape index (κ1) is 13.0. The van der Waals surface area contributed by atoms with Gasteiger partial charge in [0.2, 0.25) is 5.88 Å². The van der Waals surface area contributed by atoms with E-state index in [1.54, 1.807) is 19.4 Å². The highest BCUT2D eigenvalue weighted by molar-refractivity contribution is 5.61. The van der Waals surface area contributed by atoms with E-state index in [0.717, 1.165) is 5.56 Å². The van der Waals surface area contributed by atoms with Crippen LogP contribution in [0.4, 0.5) is 5.82 Å². The summed E-state index contributed by atoms with van der Waals surface area (Å²) >= 11 is 0. The van der Waals surface area contributed by atoms with Gasteiger partial charge in [0.05, 0.1) is 7.11 Å². The molecule has 0 unspecified atom stereocenters. The van der Waals surface area contributed by atoms with Gasteiger partial charge in [0.25, 0.3) is 5.89 Å². The van der Waals surface area contributed by atoms with E-state index < -0.39 is 0 Å². The minimum Gasteiger partial charge on any atom is -0.481 e. The highest BCUT2D eigenvalue weighted by atomic mass is 16.5. The first-order chi connectivity index (χ1) is 10.3. The van der Waals surface area contributed by atoms with Crippen molar-refractivity contribution in [2.24, 2.45) is 0 Å². The molecule has 8 nitrogen and oxygen atoms in total. The minimum atomic E-state index is 0.247. The summed E-state index contributed by atoms with van der Waals surface area (Å²) in [5.74, 6) is 1.57. The predicted molar refractivity (Wildman–Crippen MR) is 73.3 cm³/mol. The SMILES string of the molecule is COc1ccc(Cc2noc(-c3nccnc3N)n2)cn1. The van der Waals surface area contributed by atoms with Crippen LogP contribution < -0.4 is 10.5 Å². The van der Waals surface area contributed by atoms with Crippen LogP contribution in [0, 0.1) is 0 Å². The maximum absolute atomic E-state index is 5.72. The molecule has 0 atom stereocenters. The van der Waals surface area contributed by atoms with Crippen LogP contribution in [0.25, 0.3) is 11.6 Å². The van der Waals surface area contributed by atoms with Gasteiger partial charge >= 0.3 is 0 Å². The van der Waals surface area contributed by atoms with Gasteiger partial charge in [-0.15, -0.1) is 0 Å². The lowest BCUT2D eigenvalue weighted by molar-refractivity contribution is 0.397. The summed E-state index contributed by atoms with van der Waals surface area (Å²) in [6, 6.07) is 3.66. The molecule has 0 aromatic carbocycles. The molecule has 3 heterocycles. The topological polar surface area (TPSA) is 113 Å². The molecular formula is C13H12N6O2. The standard InChI is InChI=1S/C13H12N6O2/c1-20-10-3-2-8(7-17-10)6-9-18-13(21-19-9)11-12(14)16-5-4-15-11/h2-5,7H,6H2,1H3,(H2,14,16). The third kappa shape index (κ3) is 2.78. The first-order valence-electron chi connectivity index (χ1n) is 6.14. The molecule has 0 saturated heterocycles. The van der Waals surface area contributed by atoms with Crippen LogP contribution in [-0.4, -0.2) is 32.2 Å². The molecule has 0 fully saturated rings. The second-order valence-corrected chi connectivity index (χ2v) is 4.19. The Morgan fingerprint density at radius 1 is 1.19 bits per heavy atom. The zero-order valence-electron chi connectivity index (χ0n) is 11.2. The molecule has 0 aliphatic heterocycles. The van der Waals surface area contributed by atoms with E-state index in [4.69, 9.17) is 15.0 Å². The number of hydrogen-bond donors (Lipinski definition) is 1. The highest BCUT2D eigenvalue weighted by Gasteiger charge is 2.14. The number of nitrogens with zero attached hydrogens (tertiary/aromatic N) is 5. The van der Waals surface area contributed by atoms with Crippen LogP contribution in [0.15, 0.2) is 35.2 Å². The van der Waals surface area contributed by atoms with Crippen molar-refractivity contribution < 1.29 is 9.26 Å². The molecule has 0 aliphatic rings. The van der Waals surface area contributed by atoms with Gasteiger partial charge in [-0.25, -0.2) is 15.0 Å². The molecule has 0 bridgehead atoms. The Hall–Kier alpha value is -3.03. The molecule has 3 rings (SSSR count). The summed E-state index contributed by atoms with van der Waals surface area (Å²) in [5.41, 5.74) is 7.04. The summed E-state index contributed by atoms with van der Waals surface area (Å²) in [6.45, 7) is 0. The highest BCUT2D eigenvalue weighted by Crippen LogP contribution is 2.19. The van der Waals surface area contributed by atoms with E-state index in [-0.39, 0.29) is 11.7 Å². The van der Waals surface area contributed by atoms with Crippen molar-refractivity contribution >= 4 is 5.82 Å². The summed E-state index contributed by atoms with van der Waals surface area (Å²) in [5, 5.41) is 3.90. The van der Waals surface area contributed by atoms with Gasteiger partial charge in [-0.2, -0.15) is 4.98 Å². The summed E-state index contributed by atoms with van der Waals surface area (Å²) in [7, 11) is 1.57. The second-order valence-electron chi connectivity index (χ2n) is 4.19. The van der Waals surface area contributed by atoms with Crippen LogP contribution >= 0.6 is 0 Å². The lowest BCUT2D eigenvalue weighted by Gasteiger charge is -1.99. The number of methoxy groups -OCH3 is 1. The molecular weight excluding hydrogens is 272 g/mol. The van der Waals surface area contributed by atoms with Crippen molar-refractivity contribution in [3.63, 3.8) is 0 Å². The normalized spacial score (nSPS) is 10.5. The zero-order chi connectivity index (χ0) is 14.7. The van der Waals surface area contributed by atoms with Crippen molar-refractivity contribution in [3.05, 3.63) is 42.1 Å². The Morgan fingerprint density at radius 3 is 2.76 bits per heavy atom. The molecule has 8 heteroatoms. The molecule has 3 aromatic heterocycles. The first-order valence-corrected chi connectivity index (χ1v) is 6.14. The van der Waals surface area contributed by atoms with Crippen LogP contribution in [-0.2, 0) is 6.42 Å². The van der Waals surface area contributed by atoms with Gasteiger partial charge in [-0.1, -0.05) is 11.2 Å². The molecule has 0 radical (unpaired) electrons. The Balaban J connectivity index is 1.80. The number of rotatable bonds is 4. The third-order valence-corrected chi connectivity index (χ3v) is 2.77. The van der Waals surface area contributed by atoms with E-state index in [2.05, 4.69) is 25.1 Å². The van der Waals surface area contributed by atoms with E-state index in [0.29, 0.717) is 23.8 Å². The Kier molecular flexibility index (Phi) is 3.42. The smallest absolute Gasteiger partial charge is 0.280 e. The fourth-order valence-electron chi connectivity index (χ4n) is 1.75. The monoisotopic (exact) mass is 284 g/mol. The largest absolute Gasteiger partial charge is 0.481 e. The van der Waals surface area contributed by atoms with Gasteiger partial charge in [0.15, 0.2) is 17.3 Å². The average Bonchev–Trinajstić information content (AvgIpc) is 2.97. The number of nitrogens with two attached hydrogens (primary N) is 1. The number of anilines is 1. The fourth-order valence-corrected chi connectivity index (χ4v) is 1.75. The van der Waals surface area contributed by atoms with Crippen molar-refractivity contribution in [1.82, 2.24) is 25.1 Å². The predicted octanol–water partition coefficient (Wildman–Crippen LogP) is 1.10. The zero-order valence-corrected chi connectivity index (χ0v) is 11.2. The van der Waals surface area contributed by atoms with Crippen LogP contribution in [0.2, 0.25) is 0 Å². The molecule has 3 aromatic rings. The quantitative estimate of drug-likeness (QED) is 0.757. The van der Waals surface area contributed by atoms with Crippen LogP contribution in [0.5, 0.6) is 5.88 Å². The number of hydrogen-bond acceptors (Lipinski definition) is 8. The van der Waals surface area contributed by atoms with Crippen molar-refractivity contribution in [2.45, 2.75) is 6.42 Å². The molecule has 106 valence electrons. The number of ether oxygens (including phenoxy) is 1. The van der Waals surface area contributed by atoms with Gasteiger partial charge in [-0.3, -0.25) is 0 Å². The van der Waals surface area contributed by atoms with Gasteiger partial charge < -0.3 is 15.0 Å². The average molecular weight is 284 g/mol. The third-order valence-electron chi connectivity index (χ3n) is 2.77. The molecule has 0 aliphatic carbocycles. The lowest BCUT2D eigenvalue weighted by atomic mass is 10.2. The minimum absolute atomic E-state index is 0.247. The summed E-state index contributed by atoms with van der Waals surface area (Å²) in [4.78, 5) is 16.4. The van der Waals surface area contributed by atoms with E-state index in [1.807, 2.05) is 6.07 Å². The molecule has 2 N–H and O–H groups in total. The summed E-state index contributed by atoms with van der Waals surface area (Å²) in [6.07, 6.45) is 5.20. The van der Waals surface area contributed by atoms with Crippen molar-refractivity contribution in [1.29, 1.82) is 0 Å². The van der Waals surface area contributed by atoms with Gasteiger partial charge in [0.1, 0.15) is 0 Å². The van der Waals surface area contributed by atoms with Gasteiger partial charge in [-0.05, 0) is 5.56 Å². The number of nitrogen functional groups attached to an aromatic ring is 1. The Bertz CT molecular complexity index is 740. The fraction of sp³-hybridized carbons (Fsp3) is 0.154. The van der Waals surface area contributed by atoms with Gasteiger partial charge in [0, 0.05) is 31.1 Å². The summed E-state index contributed by atoms with van der Waals surface area (Å²) < 4.78 is 10.2. The van der Waals surface area contributed by atoms with Crippen LogP contribution in [0.1, 0.15) is 11.4 Å². The van der Waals surface area contributed by atoms with Crippen molar-refractivity contribution in [3.8, 4) is 17.5 Å². The van der Waals surface area contributed by atoms with Crippen LogP contribution in [0.3, 0.4) is 0 Å². The second kappa shape index (κ2) is 5.53. The lowest BCUT2D eigenvalue weighted by Crippen LogP contribution is -1.97. The maximum Gasteiger partial charge on any atom is 0.280 e. The Labute approximate surface area is 120 Å². The molecule has 21 heavy (non-hydrogen) atoms. The van der Waals surface area contributed by atoms with Crippen molar-refractivity contribution in [2.75, 3.05) is 12.8 Å².